The third-order valence-electron chi connectivity index (χ3n) is 4.38. The van der Waals surface area contributed by atoms with Crippen molar-refractivity contribution in [1.29, 1.82) is 0 Å². The van der Waals surface area contributed by atoms with E-state index in [4.69, 9.17) is 0 Å². The van der Waals surface area contributed by atoms with Gasteiger partial charge in [0.25, 0.3) is 0 Å². The predicted molar refractivity (Wildman–Crippen MR) is 131 cm³/mol. The minimum Gasteiger partial charge on any atom is -0.301 e. The first-order chi connectivity index (χ1) is 15.8. The molecule has 0 spiro atoms. The second-order valence-electron chi connectivity index (χ2n) is 6.85. The quantitative estimate of drug-likeness (QED) is 0.236. The van der Waals surface area contributed by atoms with Crippen LogP contribution in [0.3, 0.4) is 0 Å². The van der Waals surface area contributed by atoms with Crippen LogP contribution in [-0.4, -0.2) is 21.6 Å². The fraction of sp³-hybridized carbons (Fsp3) is 0.136. The summed E-state index contributed by atoms with van der Waals surface area (Å²) in [6.45, 7) is 0. The molecule has 0 atom stereocenters. The summed E-state index contributed by atoms with van der Waals surface area (Å²) >= 11 is 7.46. The van der Waals surface area contributed by atoms with Crippen molar-refractivity contribution >= 4 is 61.4 Å². The van der Waals surface area contributed by atoms with Crippen LogP contribution in [0.5, 0.6) is 0 Å². The molecule has 2 aromatic heterocycles. The van der Waals surface area contributed by atoms with Gasteiger partial charge in [-0.3, -0.25) is 4.79 Å². The topological polar surface area (TPSA) is 54.9 Å². The zero-order valence-corrected chi connectivity index (χ0v) is 20.8. The number of anilines is 1. The van der Waals surface area contributed by atoms with Gasteiger partial charge in [0, 0.05) is 32.9 Å². The van der Waals surface area contributed by atoms with E-state index >= 15 is 0 Å². The highest BCUT2D eigenvalue weighted by Crippen LogP contribution is 2.31. The summed E-state index contributed by atoms with van der Waals surface area (Å²) in [5.41, 5.74) is 1.71. The molecule has 1 N–H and O–H groups in total. The molecule has 33 heavy (non-hydrogen) atoms. The Bertz CT molecular complexity index is 1260. The number of rotatable bonds is 7. The molecular weight excluding hydrogens is 555 g/mol. The molecule has 2 aromatic carbocycles. The molecule has 0 aliphatic carbocycles. The lowest BCUT2D eigenvalue weighted by atomic mass is 10.1. The van der Waals surface area contributed by atoms with Crippen molar-refractivity contribution in [3.05, 3.63) is 80.6 Å². The van der Waals surface area contributed by atoms with Gasteiger partial charge in [0.1, 0.15) is 0 Å². The van der Waals surface area contributed by atoms with E-state index in [1.54, 1.807) is 12.3 Å². The van der Waals surface area contributed by atoms with Crippen molar-refractivity contribution in [3.8, 4) is 11.3 Å². The minimum atomic E-state index is -4.38. The lowest BCUT2D eigenvalue weighted by Crippen LogP contribution is -2.13. The number of carbonyl (C=O) groups excluding carboxylic acids is 1. The summed E-state index contributed by atoms with van der Waals surface area (Å²) < 4.78 is 40.4. The van der Waals surface area contributed by atoms with Crippen LogP contribution in [-0.2, 0) is 17.4 Å². The maximum Gasteiger partial charge on any atom is 0.416 e. The van der Waals surface area contributed by atoms with Gasteiger partial charge in [0.2, 0.25) is 5.91 Å². The number of halogens is 4. The van der Waals surface area contributed by atoms with E-state index in [1.165, 1.54) is 40.5 Å². The highest BCUT2D eigenvalue weighted by Gasteiger charge is 2.30. The highest BCUT2D eigenvalue weighted by molar-refractivity contribution is 9.10. The van der Waals surface area contributed by atoms with Crippen LogP contribution in [0.15, 0.2) is 68.9 Å². The molecule has 11 heteroatoms. The van der Waals surface area contributed by atoms with Gasteiger partial charge in [0.15, 0.2) is 9.47 Å². The molecule has 0 saturated carbocycles. The molecule has 0 aliphatic rings. The highest BCUT2D eigenvalue weighted by atomic mass is 79.9. The average Bonchev–Trinajstić information content (AvgIpc) is 3.42. The molecular formula is C22H15BrF3N3OS3. The average molecular weight is 570 g/mol. The van der Waals surface area contributed by atoms with Gasteiger partial charge < -0.3 is 5.32 Å². The standard InChI is InChI=1S/C22H15BrF3N3OS3/c23-16-6-4-14(5-7-16)18-11-31-21(28-18)32-12-19(30)29-20-27-10-17(33-20)9-13-2-1-3-15(8-13)22(24,25)26/h1-8,10-11H,9,12H2,(H,27,29,30). The van der Waals surface area contributed by atoms with Gasteiger partial charge in [-0.25, -0.2) is 9.97 Å². The molecule has 0 radical (unpaired) electrons. The van der Waals surface area contributed by atoms with Gasteiger partial charge in [-0.2, -0.15) is 13.2 Å². The summed E-state index contributed by atoms with van der Waals surface area (Å²) in [6.07, 6.45) is -2.50. The van der Waals surface area contributed by atoms with Crippen LogP contribution in [0.2, 0.25) is 0 Å². The van der Waals surface area contributed by atoms with Crippen molar-refractivity contribution in [1.82, 2.24) is 9.97 Å². The Morgan fingerprint density at radius 2 is 1.94 bits per heavy atom. The molecule has 0 aliphatic heterocycles. The van der Waals surface area contributed by atoms with Crippen molar-refractivity contribution in [2.45, 2.75) is 16.9 Å². The lowest BCUT2D eigenvalue weighted by Gasteiger charge is -2.07. The third kappa shape index (κ3) is 6.66. The molecule has 170 valence electrons. The number of hydrogen-bond donors (Lipinski definition) is 1. The van der Waals surface area contributed by atoms with Gasteiger partial charge in [-0.1, -0.05) is 58.0 Å². The van der Waals surface area contributed by atoms with Gasteiger partial charge in [-0.15, -0.1) is 22.7 Å². The maximum atomic E-state index is 12.9. The number of aromatic nitrogens is 2. The number of benzene rings is 2. The first-order valence-corrected chi connectivity index (χ1v) is 13.0. The normalized spacial score (nSPS) is 11.5. The second kappa shape index (κ2) is 10.4. The minimum absolute atomic E-state index is 0.176. The first-order valence-electron chi connectivity index (χ1n) is 9.51. The van der Waals surface area contributed by atoms with Gasteiger partial charge >= 0.3 is 6.18 Å². The van der Waals surface area contributed by atoms with E-state index in [2.05, 4.69) is 31.2 Å². The SMILES string of the molecule is O=C(CSc1nc(-c2ccc(Br)cc2)cs1)Nc1ncc(Cc2cccc(C(F)(F)F)c2)s1. The molecule has 4 nitrogen and oxygen atoms in total. The number of hydrogen-bond acceptors (Lipinski definition) is 6. The fourth-order valence-corrected chi connectivity index (χ4v) is 5.63. The summed E-state index contributed by atoms with van der Waals surface area (Å²) in [7, 11) is 0. The summed E-state index contributed by atoms with van der Waals surface area (Å²) in [5, 5.41) is 5.10. The summed E-state index contributed by atoms with van der Waals surface area (Å²) in [4.78, 5) is 21.8. The van der Waals surface area contributed by atoms with E-state index in [9.17, 15) is 18.0 Å². The van der Waals surface area contributed by atoms with Crippen LogP contribution in [0.1, 0.15) is 16.0 Å². The zero-order valence-electron chi connectivity index (χ0n) is 16.7. The van der Waals surface area contributed by atoms with Gasteiger partial charge in [0.05, 0.1) is 17.0 Å². The lowest BCUT2D eigenvalue weighted by molar-refractivity contribution is -0.137. The summed E-state index contributed by atoms with van der Waals surface area (Å²) in [6, 6.07) is 13.0. The molecule has 4 aromatic rings. The van der Waals surface area contributed by atoms with Crippen LogP contribution in [0.25, 0.3) is 11.3 Å². The van der Waals surface area contributed by atoms with Crippen molar-refractivity contribution in [3.63, 3.8) is 0 Å². The second-order valence-corrected chi connectivity index (χ2v) is 11.0. The molecule has 4 rings (SSSR count). The maximum absolute atomic E-state index is 12.9. The van der Waals surface area contributed by atoms with Crippen molar-refractivity contribution < 1.29 is 18.0 Å². The number of nitrogens with one attached hydrogen (secondary N) is 1. The first kappa shape index (κ1) is 23.9. The Hall–Kier alpha value is -2.21. The number of nitrogens with zero attached hydrogens (tertiary/aromatic N) is 2. The number of alkyl halides is 3. The monoisotopic (exact) mass is 569 g/mol. The van der Waals surface area contributed by atoms with E-state index in [0.717, 1.165) is 37.1 Å². The Labute approximate surface area is 208 Å². The summed E-state index contributed by atoms with van der Waals surface area (Å²) in [5.74, 6) is -0.0455. The molecule has 0 saturated heterocycles. The van der Waals surface area contributed by atoms with Crippen molar-refractivity contribution in [2.24, 2.45) is 0 Å². The Balaban J connectivity index is 1.30. The number of amides is 1. The van der Waals surface area contributed by atoms with E-state index in [-0.39, 0.29) is 11.7 Å². The number of carbonyl (C=O) groups is 1. The predicted octanol–water partition coefficient (Wildman–Crippen LogP) is 7.37. The van der Waals surface area contributed by atoms with Crippen LogP contribution < -0.4 is 5.32 Å². The van der Waals surface area contributed by atoms with E-state index < -0.39 is 11.7 Å². The van der Waals surface area contributed by atoms with Crippen molar-refractivity contribution in [2.75, 3.05) is 11.1 Å². The molecule has 2 heterocycles. The Morgan fingerprint density at radius 3 is 2.70 bits per heavy atom. The molecule has 0 bridgehead atoms. The van der Waals surface area contributed by atoms with E-state index in [0.29, 0.717) is 17.1 Å². The zero-order chi connectivity index (χ0) is 23.4. The van der Waals surface area contributed by atoms with Crippen LogP contribution in [0.4, 0.5) is 18.3 Å². The number of thiazole rings is 2. The molecule has 0 unspecified atom stereocenters. The Morgan fingerprint density at radius 1 is 1.15 bits per heavy atom. The fourth-order valence-electron chi connectivity index (χ4n) is 2.87. The van der Waals surface area contributed by atoms with Crippen LogP contribution >= 0.6 is 50.4 Å². The molecule has 0 fully saturated rings. The smallest absolute Gasteiger partial charge is 0.301 e. The third-order valence-corrected chi connectivity index (χ3v) is 7.84. The largest absolute Gasteiger partial charge is 0.416 e. The van der Waals surface area contributed by atoms with E-state index in [1.807, 2.05) is 29.6 Å². The molecule has 1 amide bonds. The Kier molecular flexibility index (Phi) is 7.52. The number of thioether (sulfide) groups is 1. The van der Waals surface area contributed by atoms with Gasteiger partial charge in [-0.05, 0) is 23.8 Å². The van der Waals surface area contributed by atoms with Crippen LogP contribution in [0, 0.1) is 0 Å².